The van der Waals surface area contributed by atoms with Crippen molar-refractivity contribution in [1.29, 1.82) is 0 Å². The summed E-state index contributed by atoms with van der Waals surface area (Å²) >= 11 is 1.75. The van der Waals surface area contributed by atoms with E-state index in [1.165, 1.54) is 26.7 Å². The Bertz CT molecular complexity index is 952. The lowest BCUT2D eigenvalue weighted by atomic mass is 10.1. The molecule has 0 amide bonds. The largest absolute Gasteiger partial charge is 0.378 e. The molecule has 0 saturated carbocycles. The molecule has 0 bridgehead atoms. The highest BCUT2D eigenvalue weighted by atomic mass is 32.1. The minimum atomic E-state index is 1.08. The second-order valence-corrected chi connectivity index (χ2v) is 6.62. The van der Waals surface area contributed by atoms with Crippen molar-refractivity contribution in [3.05, 3.63) is 60.7 Å². The van der Waals surface area contributed by atoms with Gasteiger partial charge >= 0.3 is 0 Å². The molecule has 0 unspecified atom stereocenters. The summed E-state index contributed by atoms with van der Waals surface area (Å²) in [6.45, 7) is 0. The molecule has 0 atom stereocenters. The van der Waals surface area contributed by atoms with Gasteiger partial charge < -0.3 is 4.90 Å². The van der Waals surface area contributed by atoms with E-state index < -0.39 is 0 Å². The fourth-order valence-electron chi connectivity index (χ4n) is 2.69. The van der Waals surface area contributed by atoms with E-state index in [1.54, 1.807) is 11.3 Å². The van der Waals surface area contributed by atoms with Gasteiger partial charge in [0.15, 0.2) is 0 Å². The zero-order valence-electron chi connectivity index (χ0n) is 12.6. The van der Waals surface area contributed by atoms with Gasteiger partial charge in [0.05, 0.1) is 10.2 Å². The third kappa shape index (κ3) is 2.14. The number of nitrogens with zero attached hydrogens (tertiary/aromatic N) is 2. The molecule has 4 rings (SSSR count). The first-order chi connectivity index (χ1) is 10.7. The van der Waals surface area contributed by atoms with Crippen LogP contribution in [0.2, 0.25) is 0 Å². The minimum Gasteiger partial charge on any atom is -0.378 e. The zero-order valence-corrected chi connectivity index (χ0v) is 13.4. The number of anilines is 1. The van der Waals surface area contributed by atoms with E-state index in [0.717, 1.165) is 10.5 Å². The van der Waals surface area contributed by atoms with Gasteiger partial charge in [-0.1, -0.05) is 30.3 Å². The molecular formula is C19H16N2S. The van der Waals surface area contributed by atoms with Crippen LogP contribution in [0.4, 0.5) is 5.69 Å². The monoisotopic (exact) mass is 304 g/mol. The first-order valence-electron chi connectivity index (χ1n) is 7.28. The van der Waals surface area contributed by atoms with Gasteiger partial charge in [-0.05, 0) is 35.7 Å². The van der Waals surface area contributed by atoms with E-state index >= 15 is 0 Å². The smallest absolute Gasteiger partial charge is 0.124 e. The average Bonchev–Trinajstić information content (AvgIpc) is 2.99. The Morgan fingerprint density at radius 1 is 0.864 bits per heavy atom. The maximum atomic E-state index is 4.89. The molecule has 4 aromatic rings. The molecule has 0 N–H and O–H groups in total. The average molecular weight is 304 g/mol. The van der Waals surface area contributed by atoms with E-state index in [0.29, 0.717) is 0 Å². The summed E-state index contributed by atoms with van der Waals surface area (Å²) < 4.78 is 1.24. The quantitative estimate of drug-likeness (QED) is 0.507. The molecule has 2 nitrogen and oxygen atoms in total. The molecule has 3 aromatic carbocycles. The Balaban J connectivity index is 1.87. The standard InChI is InChI=1S/C19H16N2S/c1-21(2)15-10-7-14(8-11-15)19-20-18-16-6-4-3-5-13(16)9-12-17(18)22-19/h3-12H,1-2H3. The van der Waals surface area contributed by atoms with Crippen LogP contribution in [0.3, 0.4) is 0 Å². The number of rotatable bonds is 2. The van der Waals surface area contributed by atoms with Crippen molar-refractivity contribution in [3.8, 4) is 10.6 Å². The molecule has 1 aromatic heterocycles. The Labute approximate surface area is 133 Å². The molecule has 0 aliphatic rings. The lowest BCUT2D eigenvalue weighted by molar-refractivity contribution is 1.13. The molecule has 0 radical (unpaired) electrons. The number of thiazole rings is 1. The Hall–Kier alpha value is -2.39. The second-order valence-electron chi connectivity index (χ2n) is 5.59. The molecule has 22 heavy (non-hydrogen) atoms. The van der Waals surface area contributed by atoms with Crippen LogP contribution >= 0.6 is 11.3 Å². The van der Waals surface area contributed by atoms with Crippen LogP contribution in [0.5, 0.6) is 0 Å². The van der Waals surface area contributed by atoms with Gasteiger partial charge in [-0.2, -0.15) is 0 Å². The highest BCUT2D eigenvalue weighted by molar-refractivity contribution is 7.21. The van der Waals surface area contributed by atoms with Gasteiger partial charge in [0.25, 0.3) is 0 Å². The molecule has 0 saturated heterocycles. The summed E-state index contributed by atoms with van der Waals surface area (Å²) in [7, 11) is 4.11. The Morgan fingerprint density at radius 3 is 2.41 bits per heavy atom. The van der Waals surface area contributed by atoms with E-state index in [9.17, 15) is 0 Å². The lowest BCUT2D eigenvalue weighted by Gasteiger charge is -2.11. The van der Waals surface area contributed by atoms with Crippen LogP contribution in [0.15, 0.2) is 60.7 Å². The first-order valence-corrected chi connectivity index (χ1v) is 8.10. The molecule has 0 aliphatic carbocycles. The molecule has 108 valence electrons. The number of hydrogen-bond donors (Lipinski definition) is 0. The minimum absolute atomic E-state index is 1.08. The molecule has 0 spiro atoms. The van der Waals surface area contributed by atoms with Crippen molar-refractivity contribution >= 4 is 38.0 Å². The fraction of sp³-hybridized carbons (Fsp3) is 0.105. The predicted molar refractivity (Wildman–Crippen MR) is 96.9 cm³/mol. The maximum absolute atomic E-state index is 4.89. The fourth-order valence-corrected chi connectivity index (χ4v) is 3.67. The summed E-state index contributed by atoms with van der Waals surface area (Å²) in [4.78, 5) is 7.00. The van der Waals surface area contributed by atoms with Gasteiger partial charge in [-0.15, -0.1) is 11.3 Å². The van der Waals surface area contributed by atoms with E-state index in [4.69, 9.17) is 4.98 Å². The van der Waals surface area contributed by atoms with Gasteiger partial charge in [0.2, 0.25) is 0 Å². The van der Waals surface area contributed by atoms with Gasteiger partial charge in [0.1, 0.15) is 5.01 Å². The summed E-state index contributed by atoms with van der Waals surface area (Å²) in [5.41, 5.74) is 3.49. The van der Waals surface area contributed by atoms with Crippen LogP contribution in [-0.2, 0) is 0 Å². The van der Waals surface area contributed by atoms with Crippen molar-refractivity contribution in [2.75, 3.05) is 19.0 Å². The van der Waals surface area contributed by atoms with Crippen LogP contribution in [0.1, 0.15) is 0 Å². The van der Waals surface area contributed by atoms with Crippen molar-refractivity contribution in [1.82, 2.24) is 4.98 Å². The van der Waals surface area contributed by atoms with E-state index in [-0.39, 0.29) is 0 Å². The molecule has 0 aliphatic heterocycles. The number of fused-ring (bicyclic) bond motifs is 3. The third-order valence-corrected chi connectivity index (χ3v) is 4.98. The first kappa shape index (κ1) is 13.3. The van der Waals surface area contributed by atoms with Crippen molar-refractivity contribution in [3.63, 3.8) is 0 Å². The molecule has 3 heteroatoms. The van der Waals surface area contributed by atoms with Crippen LogP contribution in [0.25, 0.3) is 31.6 Å². The topological polar surface area (TPSA) is 16.1 Å². The number of hydrogen-bond acceptors (Lipinski definition) is 3. The molecular weight excluding hydrogens is 288 g/mol. The maximum Gasteiger partial charge on any atom is 0.124 e. The van der Waals surface area contributed by atoms with Crippen LogP contribution in [-0.4, -0.2) is 19.1 Å². The zero-order chi connectivity index (χ0) is 15.1. The third-order valence-electron chi connectivity index (χ3n) is 3.91. The lowest BCUT2D eigenvalue weighted by Crippen LogP contribution is -2.07. The summed E-state index contributed by atoms with van der Waals surface area (Å²) in [5.74, 6) is 0. The van der Waals surface area contributed by atoms with Gasteiger partial charge in [-0.3, -0.25) is 0 Å². The van der Waals surface area contributed by atoms with E-state index in [1.807, 2.05) is 0 Å². The van der Waals surface area contributed by atoms with Crippen molar-refractivity contribution in [2.45, 2.75) is 0 Å². The molecule has 0 fully saturated rings. The number of aromatic nitrogens is 1. The highest BCUT2D eigenvalue weighted by Gasteiger charge is 2.09. The molecule has 1 heterocycles. The van der Waals surface area contributed by atoms with Crippen molar-refractivity contribution in [2.24, 2.45) is 0 Å². The summed E-state index contributed by atoms with van der Waals surface area (Å²) in [6, 6.07) is 21.4. The summed E-state index contributed by atoms with van der Waals surface area (Å²) in [6.07, 6.45) is 0. The van der Waals surface area contributed by atoms with Gasteiger partial charge in [0, 0.05) is 30.7 Å². The predicted octanol–water partition coefficient (Wildman–Crippen LogP) is 5.18. The Kier molecular flexibility index (Phi) is 3.09. The van der Waals surface area contributed by atoms with E-state index in [2.05, 4.69) is 79.7 Å². The highest BCUT2D eigenvalue weighted by Crippen LogP contribution is 2.34. The van der Waals surface area contributed by atoms with Crippen LogP contribution in [0, 0.1) is 0 Å². The second kappa shape index (κ2) is 5.11. The summed E-state index contributed by atoms with van der Waals surface area (Å²) in [5, 5.41) is 3.55. The van der Waals surface area contributed by atoms with Crippen molar-refractivity contribution < 1.29 is 0 Å². The SMILES string of the molecule is CN(C)c1ccc(-c2nc3c(ccc4ccccc43)s2)cc1. The number of benzene rings is 3. The normalized spacial score (nSPS) is 11.2. The Morgan fingerprint density at radius 2 is 1.64 bits per heavy atom. The van der Waals surface area contributed by atoms with Gasteiger partial charge in [-0.25, -0.2) is 4.98 Å². The van der Waals surface area contributed by atoms with Crippen LogP contribution < -0.4 is 4.90 Å².